The minimum absolute atomic E-state index is 0.833. The van der Waals surface area contributed by atoms with Crippen molar-refractivity contribution in [2.24, 2.45) is 0 Å². The zero-order valence-corrected chi connectivity index (χ0v) is 11.5. The minimum atomic E-state index is 0.833. The topological polar surface area (TPSA) is 28.4 Å². The third kappa shape index (κ3) is 4.14. The maximum absolute atomic E-state index is 5.06. The quantitative estimate of drug-likeness (QED) is 0.754. The number of furan rings is 1. The summed E-state index contributed by atoms with van der Waals surface area (Å²) in [5.74, 6) is 0. The van der Waals surface area contributed by atoms with E-state index >= 15 is 0 Å². The Labute approximate surface area is 111 Å². The second-order valence-electron chi connectivity index (χ2n) is 5.28. The van der Waals surface area contributed by atoms with Crippen molar-refractivity contribution in [2.45, 2.75) is 51.6 Å². The molecule has 2 rings (SSSR count). The maximum Gasteiger partial charge on any atom is 0.0947 e. The molecule has 1 N–H and O–H groups in total. The molecule has 1 unspecified atom stereocenters. The molecule has 1 aromatic heterocycles. The molecule has 1 aliphatic heterocycles. The van der Waals surface area contributed by atoms with Crippen LogP contribution in [-0.4, -0.2) is 30.6 Å². The first-order valence-electron chi connectivity index (χ1n) is 7.36. The van der Waals surface area contributed by atoms with Gasteiger partial charge in [0, 0.05) is 31.2 Å². The summed E-state index contributed by atoms with van der Waals surface area (Å²) >= 11 is 0. The third-order valence-electron chi connectivity index (χ3n) is 3.86. The lowest BCUT2D eigenvalue weighted by atomic mass is 9.98. The van der Waals surface area contributed by atoms with Gasteiger partial charge in [-0.3, -0.25) is 4.90 Å². The van der Waals surface area contributed by atoms with Gasteiger partial charge in [-0.05, 0) is 31.9 Å². The number of hydrogen-bond donors (Lipinski definition) is 1. The van der Waals surface area contributed by atoms with Crippen LogP contribution in [0.25, 0.3) is 0 Å². The Hall–Kier alpha value is -0.800. The SMILES string of the molecule is CCCC1CCCCN1CCNCc1ccoc1. The molecule has 3 heteroatoms. The molecule has 3 nitrogen and oxygen atoms in total. The van der Waals surface area contributed by atoms with E-state index in [1.807, 2.05) is 12.3 Å². The molecule has 2 heterocycles. The molecule has 1 aliphatic rings. The van der Waals surface area contributed by atoms with E-state index in [9.17, 15) is 0 Å². The summed E-state index contributed by atoms with van der Waals surface area (Å²) in [4.78, 5) is 2.68. The number of nitrogens with one attached hydrogen (secondary N) is 1. The average Bonchev–Trinajstić information content (AvgIpc) is 2.90. The first-order chi connectivity index (χ1) is 8.90. The van der Waals surface area contributed by atoms with Crippen LogP contribution in [0.5, 0.6) is 0 Å². The van der Waals surface area contributed by atoms with Gasteiger partial charge in [0.1, 0.15) is 0 Å². The Morgan fingerprint density at radius 1 is 1.44 bits per heavy atom. The summed E-state index contributed by atoms with van der Waals surface area (Å²) in [5.41, 5.74) is 1.23. The fraction of sp³-hybridized carbons (Fsp3) is 0.733. The van der Waals surface area contributed by atoms with Crippen LogP contribution in [0.2, 0.25) is 0 Å². The first kappa shape index (κ1) is 13.6. The standard InChI is InChI=1S/C15H26N2O/c1-2-5-15-6-3-4-9-17(15)10-8-16-12-14-7-11-18-13-14/h7,11,13,15-16H,2-6,8-10,12H2,1H3. The molecule has 0 radical (unpaired) electrons. The molecule has 0 saturated carbocycles. The highest BCUT2D eigenvalue weighted by atomic mass is 16.3. The first-order valence-corrected chi connectivity index (χ1v) is 7.36. The highest BCUT2D eigenvalue weighted by Gasteiger charge is 2.20. The third-order valence-corrected chi connectivity index (χ3v) is 3.86. The Morgan fingerprint density at radius 2 is 2.39 bits per heavy atom. The normalized spacial score (nSPS) is 21.3. The molecular formula is C15H26N2O. The van der Waals surface area contributed by atoms with Crippen LogP contribution in [0.15, 0.2) is 23.0 Å². The molecule has 1 atom stereocenters. The van der Waals surface area contributed by atoms with Gasteiger partial charge in [-0.25, -0.2) is 0 Å². The molecule has 1 aromatic rings. The van der Waals surface area contributed by atoms with E-state index in [1.54, 1.807) is 6.26 Å². The average molecular weight is 250 g/mol. The molecular weight excluding hydrogens is 224 g/mol. The van der Waals surface area contributed by atoms with Crippen LogP contribution in [-0.2, 0) is 6.54 Å². The molecule has 0 aromatic carbocycles. The van der Waals surface area contributed by atoms with Crippen molar-refractivity contribution in [3.05, 3.63) is 24.2 Å². The largest absolute Gasteiger partial charge is 0.472 e. The van der Waals surface area contributed by atoms with Gasteiger partial charge in [0.2, 0.25) is 0 Å². The second-order valence-corrected chi connectivity index (χ2v) is 5.28. The van der Waals surface area contributed by atoms with E-state index in [1.165, 1.54) is 50.8 Å². The van der Waals surface area contributed by atoms with Gasteiger partial charge in [-0.1, -0.05) is 19.8 Å². The molecule has 0 bridgehead atoms. The van der Waals surface area contributed by atoms with Gasteiger partial charge in [-0.2, -0.15) is 0 Å². The summed E-state index contributed by atoms with van der Waals surface area (Å²) in [7, 11) is 0. The van der Waals surface area contributed by atoms with Gasteiger partial charge in [0.25, 0.3) is 0 Å². The van der Waals surface area contributed by atoms with Crippen LogP contribution in [0.4, 0.5) is 0 Å². The zero-order chi connectivity index (χ0) is 12.6. The number of nitrogens with zero attached hydrogens (tertiary/aromatic N) is 1. The predicted octanol–water partition coefficient (Wildman–Crippen LogP) is 3.02. The van der Waals surface area contributed by atoms with Crippen molar-refractivity contribution in [3.63, 3.8) is 0 Å². The van der Waals surface area contributed by atoms with Gasteiger partial charge >= 0.3 is 0 Å². The highest BCUT2D eigenvalue weighted by molar-refractivity contribution is 5.04. The molecule has 1 fully saturated rings. The van der Waals surface area contributed by atoms with Crippen molar-refractivity contribution in [3.8, 4) is 0 Å². The number of likely N-dealkylation sites (tertiary alicyclic amines) is 1. The molecule has 0 aliphatic carbocycles. The second kappa shape index (κ2) is 7.59. The van der Waals surface area contributed by atoms with E-state index < -0.39 is 0 Å². The van der Waals surface area contributed by atoms with Crippen molar-refractivity contribution in [2.75, 3.05) is 19.6 Å². The van der Waals surface area contributed by atoms with Gasteiger partial charge in [0.05, 0.1) is 12.5 Å². The minimum Gasteiger partial charge on any atom is -0.472 e. The maximum atomic E-state index is 5.06. The Kier molecular flexibility index (Phi) is 5.75. The molecule has 0 spiro atoms. The van der Waals surface area contributed by atoms with E-state index in [0.717, 1.165) is 19.1 Å². The molecule has 18 heavy (non-hydrogen) atoms. The Balaban J connectivity index is 1.64. The van der Waals surface area contributed by atoms with E-state index in [2.05, 4.69) is 17.1 Å². The van der Waals surface area contributed by atoms with Crippen LogP contribution < -0.4 is 5.32 Å². The lowest BCUT2D eigenvalue weighted by Crippen LogP contribution is -2.42. The van der Waals surface area contributed by atoms with Crippen LogP contribution >= 0.6 is 0 Å². The lowest BCUT2D eigenvalue weighted by Gasteiger charge is -2.35. The van der Waals surface area contributed by atoms with Crippen molar-refractivity contribution >= 4 is 0 Å². The number of piperidine rings is 1. The summed E-state index contributed by atoms with van der Waals surface area (Å²) in [5, 5.41) is 3.50. The predicted molar refractivity (Wildman–Crippen MR) is 74.5 cm³/mol. The monoisotopic (exact) mass is 250 g/mol. The molecule has 0 amide bonds. The summed E-state index contributed by atoms with van der Waals surface area (Å²) in [6.45, 7) is 6.76. The fourth-order valence-electron chi connectivity index (χ4n) is 2.86. The van der Waals surface area contributed by atoms with Gasteiger partial charge < -0.3 is 9.73 Å². The zero-order valence-electron chi connectivity index (χ0n) is 11.5. The van der Waals surface area contributed by atoms with Crippen molar-refractivity contribution in [1.29, 1.82) is 0 Å². The molecule has 1 saturated heterocycles. The summed E-state index contributed by atoms with van der Waals surface area (Å²) in [6.07, 6.45) is 10.4. The summed E-state index contributed by atoms with van der Waals surface area (Å²) < 4.78 is 5.06. The van der Waals surface area contributed by atoms with Crippen LogP contribution in [0.1, 0.15) is 44.6 Å². The highest BCUT2D eigenvalue weighted by Crippen LogP contribution is 2.20. The van der Waals surface area contributed by atoms with Gasteiger partial charge in [0.15, 0.2) is 0 Å². The Morgan fingerprint density at radius 3 is 3.17 bits per heavy atom. The van der Waals surface area contributed by atoms with Crippen LogP contribution in [0, 0.1) is 0 Å². The van der Waals surface area contributed by atoms with Crippen LogP contribution in [0.3, 0.4) is 0 Å². The van der Waals surface area contributed by atoms with Gasteiger partial charge in [-0.15, -0.1) is 0 Å². The van der Waals surface area contributed by atoms with E-state index in [0.29, 0.717) is 0 Å². The smallest absolute Gasteiger partial charge is 0.0947 e. The number of hydrogen-bond acceptors (Lipinski definition) is 3. The lowest BCUT2D eigenvalue weighted by molar-refractivity contribution is 0.140. The van der Waals surface area contributed by atoms with Crippen molar-refractivity contribution in [1.82, 2.24) is 10.2 Å². The fourth-order valence-corrected chi connectivity index (χ4v) is 2.86. The number of rotatable bonds is 7. The summed E-state index contributed by atoms with van der Waals surface area (Å²) in [6, 6.07) is 2.85. The Bertz CT molecular complexity index is 308. The van der Waals surface area contributed by atoms with E-state index in [-0.39, 0.29) is 0 Å². The molecule has 102 valence electrons. The van der Waals surface area contributed by atoms with E-state index in [4.69, 9.17) is 4.42 Å². The van der Waals surface area contributed by atoms with Crippen molar-refractivity contribution < 1.29 is 4.42 Å².